The number of hydrogen-bond donors (Lipinski definition) is 0. The summed E-state index contributed by atoms with van der Waals surface area (Å²) in [5.41, 5.74) is 1.87. The monoisotopic (exact) mass is 460 g/mol. The predicted molar refractivity (Wildman–Crippen MR) is 115 cm³/mol. The normalized spacial score (nSPS) is 14.0. The molecule has 0 saturated carbocycles. The fourth-order valence-corrected chi connectivity index (χ4v) is 3.58. The number of allylic oxidation sites excluding steroid dienone is 1. The molecule has 5 nitrogen and oxygen atoms in total. The minimum atomic E-state index is -0.633. The quantitative estimate of drug-likeness (QED) is 0.212. The molecule has 6 heteroatoms. The maximum Gasteiger partial charge on any atom is 0.379 e. The molecule has 3 aromatic carbocycles. The van der Waals surface area contributed by atoms with E-state index in [1.165, 1.54) is 6.07 Å². The van der Waals surface area contributed by atoms with Crippen molar-refractivity contribution in [2.45, 2.75) is 0 Å². The van der Waals surface area contributed by atoms with E-state index in [2.05, 4.69) is 15.9 Å². The molecule has 1 aliphatic rings. The van der Waals surface area contributed by atoms with Gasteiger partial charge in [0.2, 0.25) is 11.5 Å². The number of halogens is 1. The molecule has 1 aliphatic heterocycles. The summed E-state index contributed by atoms with van der Waals surface area (Å²) < 4.78 is 17.6. The van der Waals surface area contributed by atoms with Crippen LogP contribution in [-0.2, 0) is 0 Å². The van der Waals surface area contributed by atoms with Gasteiger partial charge in [-0.2, -0.15) is 0 Å². The van der Waals surface area contributed by atoms with E-state index in [1.54, 1.807) is 30.3 Å². The SMILES string of the molecule is O=C(Oc1ccc2c(c1)O/C(=C\c1ccccc1)C2=O)c1cc2cc(Br)ccc2o1. The van der Waals surface area contributed by atoms with Crippen molar-refractivity contribution in [1.82, 2.24) is 0 Å². The molecule has 30 heavy (non-hydrogen) atoms. The molecule has 0 saturated heterocycles. The first-order valence-corrected chi connectivity index (χ1v) is 9.91. The summed E-state index contributed by atoms with van der Waals surface area (Å²) in [7, 11) is 0. The summed E-state index contributed by atoms with van der Waals surface area (Å²) in [4.78, 5) is 25.1. The summed E-state index contributed by atoms with van der Waals surface area (Å²) in [6.07, 6.45) is 1.68. The fraction of sp³-hybridized carbons (Fsp3) is 0. The van der Waals surface area contributed by atoms with Crippen LogP contribution in [0.25, 0.3) is 17.0 Å². The van der Waals surface area contributed by atoms with Crippen molar-refractivity contribution in [1.29, 1.82) is 0 Å². The Bertz CT molecular complexity index is 1330. The standard InChI is InChI=1S/C24H13BrO5/c25-16-6-9-19-15(11-16)12-22(29-19)24(27)28-17-7-8-18-20(13-17)30-21(23(18)26)10-14-4-2-1-3-5-14/h1-13H/b21-10-. The Hall–Kier alpha value is -3.64. The van der Waals surface area contributed by atoms with Gasteiger partial charge in [-0.05, 0) is 48.0 Å². The Balaban J connectivity index is 1.38. The largest absolute Gasteiger partial charge is 0.452 e. The number of Topliss-reactive ketones (excluding diaryl/α,β-unsaturated/α-hetero) is 1. The lowest BCUT2D eigenvalue weighted by Gasteiger charge is -2.04. The predicted octanol–water partition coefficient (Wildman–Crippen LogP) is 6.03. The molecule has 0 amide bonds. The zero-order valence-electron chi connectivity index (χ0n) is 15.4. The number of carbonyl (C=O) groups is 2. The van der Waals surface area contributed by atoms with E-state index in [-0.39, 0.29) is 23.1 Å². The molecule has 0 bridgehead atoms. The van der Waals surface area contributed by atoms with Gasteiger partial charge in [-0.1, -0.05) is 46.3 Å². The highest BCUT2D eigenvalue weighted by atomic mass is 79.9. The topological polar surface area (TPSA) is 65.7 Å². The lowest BCUT2D eigenvalue weighted by molar-refractivity contribution is 0.0703. The third-order valence-corrected chi connectivity index (χ3v) is 5.12. The third-order valence-electron chi connectivity index (χ3n) is 4.63. The number of carbonyl (C=O) groups excluding carboxylic acids is 2. The first kappa shape index (κ1) is 18.4. The van der Waals surface area contributed by atoms with Gasteiger partial charge < -0.3 is 13.9 Å². The van der Waals surface area contributed by atoms with Crippen LogP contribution in [0.3, 0.4) is 0 Å². The Morgan fingerprint density at radius 1 is 0.967 bits per heavy atom. The molecule has 5 rings (SSSR count). The van der Waals surface area contributed by atoms with Crippen LogP contribution in [0.15, 0.2) is 87.4 Å². The fourth-order valence-electron chi connectivity index (χ4n) is 3.20. The first-order valence-electron chi connectivity index (χ1n) is 9.11. The molecule has 0 N–H and O–H groups in total. The highest BCUT2D eigenvalue weighted by molar-refractivity contribution is 9.10. The van der Waals surface area contributed by atoms with Crippen LogP contribution < -0.4 is 9.47 Å². The zero-order chi connectivity index (χ0) is 20.7. The minimum Gasteiger partial charge on any atom is -0.452 e. The Kier molecular flexibility index (Phi) is 4.48. The average molecular weight is 461 g/mol. The van der Waals surface area contributed by atoms with Gasteiger partial charge in [0.15, 0.2) is 5.76 Å². The van der Waals surface area contributed by atoms with Gasteiger partial charge in [0.05, 0.1) is 5.56 Å². The van der Waals surface area contributed by atoms with Gasteiger partial charge in [0.1, 0.15) is 17.1 Å². The van der Waals surface area contributed by atoms with E-state index < -0.39 is 5.97 Å². The second-order valence-electron chi connectivity index (χ2n) is 6.69. The van der Waals surface area contributed by atoms with E-state index in [9.17, 15) is 9.59 Å². The Morgan fingerprint density at radius 3 is 2.63 bits per heavy atom. The lowest BCUT2D eigenvalue weighted by Crippen LogP contribution is -2.07. The summed E-state index contributed by atoms with van der Waals surface area (Å²) in [5, 5.41) is 0.787. The van der Waals surface area contributed by atoms with Crippen LogP contribution in [0.4, 0.5) is 0 Å². The Labute approximate surface area is 179 Å². The van der Waals surface area contributed by atoms with Crippen molar-refractivity contribution in [2.75, 3.05) is 0 Å². The summed E-state index contributed by atoms with van der Waals surface area (Å²) in [6.45, 7) is 0. The van der Waals surface area contributed by atoms with Crippen LogP contribution in [0.1, 0.15) is 26.5 Å². The van der Waals surface area contributed by atoms with Gasteiger partial charge in [0, 0.05) is 15.9 Å². The van der Waals surface area contributed by atoms with Crippen molar-refractivity contribution in [3.05, 3.63) is 99.9 Å². The second kappa shape index (κ2) is 7.31. The van der Waals surface area contributed by atoms with Gasteiger partial charge in [-0.3, -0.25) is 4.79 Å². The van der Waals surface area contributed by atoms with Crippen LogP contribution >= 0.6 is 15.9 Å². The number of hydrogen-bond acceptors (Lipinski definition) is 5. The summed E-state index contributed by atoms with van der Waals surface area (Å²) in [6, 6.07) is 21.2. The molecule has 1 aromatic heterocycles. The molecule has 146 valence electrons. The van der Waals surface area contributed by atoms with Crippen molar-refractivity contribution in [3.63, 3.8) is 0 Å². The second-order valence-corrected chi connectivity index (χ2v) is 7.61. The van der Waals surface area contributed by atoms with Crippen LogP contribution in [-0.4, -0.2) is 11.8 Å². The van der Waals surface area contributed by atoms with E-state index in [0.717, 1.165) is 15.4 Å². The van der Waals surface area contributed by atoms with Crippen LogP contribution in [0.2, 0.25) is 0 Å². The number of esters is 1. The first-order chi connectivity index (χ1) is 14.6. The van der Waals surface area contributed by atoms with Gasteiger partial charge in [-0.25, -0.2) is 4.79 Å². The van der Waals surface area contributed by atoms with E-state index in [4.69, 9.17) is 13.9 Å². The smallest absolute Gasteiger partial charge is 0.379 e. The molecule has 0 spiro atoms. The van der Waals surface area contributed by atoms with E-state index in [0.29, 0.717) is 16.9 Å². The average Bonchev–Trinajstić information content (AvgIpc) is 3.29. The molecule has 4 aromatic rings. The highest BCUT2D eigenvalue weighted by Gasteiger charge is 2.28. The maximum atomic E-state index is 12.6. The summed E-state index contributed by atoms with van der Waals surface area (Å²) >= 11 is 3.39. The van der Waals surface area contributed by atoms with E-state index >= 15 is 0 Å². The van der Waals surface area contributed by atoms with E-state index in [1.807, 2.05) is 42.5 Å². The maximum absolute atomic E-state index is 12.6. The third kappa shape index (κ3) is 3.42. The lowest BCUT2D eigenvalue weighted by atomic mass is 10.1. The number of fused-ring (bicyclic) bond motifs is 2. The minimum absolute atomic E-state index is 0.0882. The molecule has 0 fully saturated rings. The molecule has 0 aliphatic carbocycles. The molecule has 0 radical (unpaired) electrons. The van der Waals surface area contributed by atoms with Crippen molar-refractivity contribution in [3.8, 4) is 11.5 Å². The highest BCUT2D eigenvalue weighted by Crippen LogP contribution is 2.35. The van der Waals surface area contributed by atoms with Crippen molar-refractivity contribution in [2.24, 2.45) is 0 Å². The number of benzene rings is 3. The molecule has 2 heterocycles. The van der Waals surface area contributed by atoms with Gasteiger partial charge in [0.25, 0.3) is 0 Å². The number of ether oxygens (including phenoxy) is 2. The number of ketones is 1. The van der Waals surface area contributed by atoms with Crippen LogP contribution in [0, 0.1) is 0 Å². The van der Waals surface area contributed by atoms with Gasteiger partial charge in [-0.15, -0.1) is 0 Å². The molecule has 0 atom stereocenters. The number of furan rings is 1. The van der Waals surface area contributed by atoms with Gasteiger partial charge >= 0.3 is 5.97 Å². The zero-order valence-corrected chi connectivity index (χ0v) is 17.0. The van der Waals surface area contributed by atoms with Crippen molar-refractivity contribution < 1.29 is 23.5 Å². The van der Waals surface area contributed by atoms with Crippen molar-refractivity contribution >= 4 is 44.7 Å². The molecular formula is C24H13BrO5. The van der Waals surface area contributed by atoms with Crippen LogP contribution in [0.5, 0.6) is 11.5 Å². The Morgan fingerprint density at radius 2 is 1.80 bits per heavy atom. The molecular weight excluding hydrogens is 448 g/mol. The number of rotatable bonds is 3. The summed E-state index contributed by atoms with van der Waals surface area (Å²) in [5.74, 6) is 0.0733. The molecule has 0 unspecified atom stereocenters.